The van der Waals surface area contributed by atoms with Crippen molar-refractivity contribution < 1.29 is 14.6 Å². The van der Waals surface area contributed by atoms with E-state index in [1.54, 1.807) is 0 Å². The molecule has 65 valence electrons. The van der Waals surface area contributed by atoms with Crippen LogP contribution in [0, 0.1) is 12.7 Å². The Bertz CT molecular complexity index is 273. The van der Waals surface area contributed by atoms with Gasteiger partial charge in [-0.05, 0) is 18.6 Å². The second-order valence-electron chi connectivity index (χ2n) is 2.56. The summed E-state index contributed by atoms with van der Waals surface area (Å²) in [7, 11) is 0. The lowest BCUT2D eigenvalue weighted by Gasteiger charge is -2.09. The van der Waals surface area contributed by atoms with Crippen LogP contribution in [0.1, 0.15) is 11.5 Å². The maximum Gasteiger partial charge on any atom is 0.168 e. The van der Waals surface area contributed by atoms with Crippen molar-refractivity contribution in [2.75, 3.05) is 6.61 Å². The SMILES string of the molecule is [CH2]C(CO)c1cccc(O)c1F. The van der Waals surface area contributed by atoms with Crippen molar-refractivity contribution in [3.63, 3.8) is 0 Å². The van der Waals surface area contributed by atoms with Gasteiger partial charge in [0.1, 0.15) is 0 Å². The first kappa shape index (κ1) is 9.00. The van der Waals surface area contributed by atoms with Crippen molar-refractivity contribution in [1.29, 1.82) is 0 Å². The molecule has 0 saturated carbocycles. The summed E-state index contributed by atoms with van der Waals surface area (Å²) in [6.07, 6.45) is 0. The lowest BCUT2D eigenvalue weighted by molar-refractivity contribution is 0.279. The summed E-state index contributed by atoms with van der Waals surface area (Å²) in [5.74, 6) is -1.64. The van der Waals surface area contributed by atoms with Gasteiger partial charge in [-0.2, -0.15) is 0 Å². The number of halogens is 1. The van der Waals surface area contributed by atoms with Crippen LogP contribution in [0.15, 0.2) is 18.2 Å². The molecule has 0 amide bonds. The second-order valence-corrected chi connectivity index (χ2v) is 2.56. The van der Waals surface area contributed by atoms with Crippen LogP contribution in [0.5, 0.6) is 5.75 Å². The number of phenolic OH excluding ortho intramolecular Hbond substituents is 1. The van der Waals surface area contributed by atoms with Crippen molar-refractivity contribution in [2.24, 2.45) is 0 Å². The number of phenols is 1. The van der Waals surface area contributed by atoms with Crippen LogP contribution in [0.3, 0.4) is 0 Å². The molecule has 2 nitrogen and oxygen atoms in total. The average molecular weight is 169 g/mol. The minimum Gasteiger partial charge on any atom is -0.505 e. The van der Waals surface area contributed by atoms with Gasteiger partial charge in [0.15, 0.2) is 11.6 Å². The van der Waals surface area contributed by atoms with Gasteiger partial charge in [-0.1, -0.05) is 12.1 Å². The van der Waals surface area contributed by atoms with E-state index < -0.39 is 17.5 Å². The van der Waals surface area contributed by atoms with Crippen LogP contribution in [0.25, 0.3) is 0 Å². The fourth-order valence-electron chi connectivity index (χ4n) is 0.951. The third-order valence-corrected chi connectivity index (χ3v) is 1.67. The van der Waals surface area contributed by atoms with Gasteiger partial charge in [0.2, 0.25) is 0 Å². The van der Waals surface area contributed by atoms with E-state index >= 15 is 0 Å². The van der Waals surface area contributed by atoms with E-state index in [0.29, 0.717) is 0 Å². The maximum absolute atomic E-state index is 13.0. The van der Waals surface area contributed by atoms with Gasteiger partial charge >= 0.3 is 0 Å². The normalized spacial score (nSPS) is 12.9. The Morgan fingerprint density at radius 3 is 2.75 bits per heavy atom. The van der Waals surface area contributed by atoms with Crippen molar-refractivity contribution in [3.05, 3.63) is 36.5 Å². The highest BCUT2D eigenvalue weighted by Gasteiger charge is 2.12. The topological polar surface area (TPSA) is 40.5 Å². The first-order valence-corrected chi connectivity index (χ1v) is 3.58. The third-order valence-electron chi connectivity index (χ3n) is 1.67. The van der Waals surface area contributed by atoms with Gasteiger partial charge in [-0.25, -0.2) is 4.39 Å². The summed E-state index contributed by atoms with van der Waals surface area (Å²) < 4.78 is 13.0. The molecule has 0 saturated heterocycles. The molecule has 0 bridgehead atoms. The van der Waals surface area contributed by atoms with Gasteiger partial charge in [0.25, 0.3) is 0 Å². The summed E-state index contributed by atoms with van der Waals surface area (Å²) in [6.45, 7) is 3.29. The van der Waals surface area contributed by atoms with E-state index in [1.165, 1.54) is 18.2 Å². The molecular weight excluding hydrogens is 159 g/mol. The van der Waals surface area contributed by atoms with Gasteiger partial charge in [-0.15, -0.1) is 0 Å². The van der Waals surface area contributed by atoms with Crippen LogP contribution in [0.2, 0.25) is 0 Å². The number of hydrogen-bond donors (Lipinski definition) is 2. The predicted molar refractivity (Wildman–Crippen MR) is 43.2 cm³/mol. The van der Waals surface area contributed by atoms with E-state index in [2.05, 4.69) is 6.92 Å². The fourth-order valence-corrected chi connectivity index (χ4v) is 0.951. The zero-order chi connectivity index (χ0) is 9.14. The molecule has 0 aromatic heterocycles. The summed E-state index contributed by atoms with van der Waals surface area (Å²) in [6, 6.07) is 4.26. The van der Waals surface area contributed by atoms with Crippen LogP contribution in [-0.2, 0) is 0 Å². The minimum atomic E-state index is -0.702. The molecular formula is C9H10FO2. The Morgan fingerprint density at radius 1 is 1.50 bits per heavy atom. The highest BCUT2D eigenvalue weighted by atomic mass is 19.1. The van der Waals surface area contributed by atoms with E-state index in [9.17, 15) is 4.39 Å². The Hall–Kier alpha value is -1.09. The summed E-state index contributed by atoms with van der Waals surface area (Å²) >= 11 is 0. The van der Waals surface area contributed by atoms with Gasteiger partial charge < -0.3 is 10.2 Å². The number of aliphatic hydroxyl groups excluding tert-OH is 1. The standard InChI is InChI=1S/C9H10FO2/c1-6(5-11)7-3-2-4-8(12)9(7)10/h2-4,6,11-12H,1,5H2. The number of aromatic hydroxyl groups is 1. The molecule has 0 aliphatic carbocycles. The van der Waals surface area contributed by atoms with E-state index in [0.717, 1.165) is 0 Å². The molecule has 1 aromatic rings. The Morgan fingerprint density at radius 2 is 2.17 bits per heavy atom. The maximum atomic E-state index is 13.0. The van der Waals surface area contributed by atoms with Crippen LogP contribution in [-0.4, -0.2) is 16.8 Å². The Kier molecular flexibility index (Phi) is 2.65. The second kappa shape index (κ2) is 3.54. The lowest BCUT2D eigenvalue weighted by atomic mass is 10.0. The van der Waals surface area contributed by atoms with E-state index in [1.807, 2.05) is 0 Å². The van der Waals surface area contributed by atoms with Gasteiger partial charge in [0.05, 0.1) is 6.61 Å². The van der Waals surface area contributed by atoms with Crippen molar-refractivity contribution in [3.8, 4) is 5.75 Å². The molecule has 3 heteroatoms. The lowest BCUT2D eigenvalue weighted by Crippen LogP contribution is -2.01. The molecule has 0 aliphatic heterocycles. The highest BCUT2D eigenvalue weighted by molar-refractivity contribution is 5.32. The molecule has 1 unspecified atom stereocenters. The molecule has 0 heterocycles. The molecule has 0 spiro atoms. The molecule has 12 heavy (non-hydrogen) atoms. The molecule has 1 rings (SSSR count). The highest BCUT2D eigenvalue weighted by Crippen LogP contribution is 2.24. The minimum absolute atomic E-state index is 0.234. The first-order chi connectivity index (χ1) is 5.66. The molecule has 0 fully saturated rings. The van der Waals surface area contributed by atoms with Crippen molar-refractivity contribution in [1.82, 2.24) is 0 Å². The average Bonchev–Trinajstić information content (AvgIpc) is 2.08. The van der Waals surface area contributed by atoms with Gasteiger partial charge in [0, 0.05) is 5.92 Å². The summed E-state index contributed by atoms with van der Waals surface area (Å²) in [5, 5.41) is 17.7. The van der Waals surface area contributed by atoms with E-state index in [4.69, 9.17) is 10.2 Å². The zero-order valence-corrected chi connectivity index (χ0v) is 6.50. The Balaban J connectivity index is 3.07. The fraction of sp³-hybridized carbons (Fsp3) is 0.222. The summed E-state index contributed by atoms with van der Waals surface area (Å²) in [4.78, 5) is 0. The molecule has 1 atom stereocenters. The van der Waals surface area contributed by atoms with Gasteiger partial charge in [-0.3, -0.25) is 0 Å². The largest absolute Gasteiger partial charge is 0.505 e. The monoisotopic (exact) mass is 169 g/mol. The molecule has 0 aliphatic rings. The smallest absolute Gasteiger partial charge is 0.168 e. The molecule has 1 radical (unpaired) electrons. The van der Waals surface area contributed by atoms with E-state index in [-0.39, 0.29) is 12.2 Å². The van der Waals surface area contributed by atoms with Crippen molar-refractivity contribution in [2.45, 2.75) is 5.92 Å². The van der Waals surface area contributed by atoms with Crippen LogP contribution >= 0.6 is 0 Å². The Labute approximate surface area is 70.3 Å². The summed E-state index contributed by atoms with van der Waals surface area (Å²) in [5.41, 5.74) is 0.234. The van der Waals surface area contributed by atoms with Crippen molar-refractivity contribution >= 4 is 0 Å². The number of aliphatic hydroxyl groups is 1. The number of hydrogen-bond acceptors (Lipinski definition) is 2. The molecule has 1 aromatic carbocycles. The first-order valence-electron chi connectivity index (χ1n) is 3.58. The van der Waals surface area contributed by atoms with Crippen LogP contribution < -0.4 is 0 Å². The quantitative estimate of drug-likeness (QED) is 0.703. The number of rotatable bonds is 2. The molecule has 2 N–H and O–H groups in total. The van der Waals surface area contributed by atoms with Crippen LogP contribution in [0.4, 0.5) is 4.39 Å². The predicted octanol–water partition coefficient (Wildman–Crippen LogP) is 1.44. The third kappa shape index (κ3) is 1.56. The zero-order valence-electron chi connectivity index (χ0n) is 6.50. The number of benzene rings is 1.